The van der Waals surface area contributed by atoms with Gasteiger partial charge in [-0.1, -0.05) is 97.1 Å². The van der Waals surface area contributed by atoms with Gasteiger partial charge in [0.1, 0.15) is 6.04 Å². The molecule has 6 heteroatoms. The molecule has 0 bridgehead atoms. The molecule has 2 unspecified atom stereocenters. The number of benzene rings is 4. The summed E-state index contributed by atoms with van der Waals surface area (Å²) in [5, 5.41) is 2.78. The second kappa shape index (κ2) is 10.6. The normalized spacial score (nSPS) is 18.8. The van der Waals surface area contributed by atoms with E-state index in [-0.39, 0.29) is 18.4 Å². The van der Waals surface area contributed by atoms with Crippen LogP contribution in [0.4, 0.5) is 0 Å². The van der Waals surface area contributed by atoms with E-state index < -0.39 is 35.1 Å². The number of hydrogen-bond acceptors (Lipinski definition) is 4. The van der Waals surface area contributed by atoms with Crippen molar-refractivity contribution in [1.29, 1.82) is 0 Å². The van der Waals surface area contributed by atoms with Crippen molar-refractivity contribution in [3.05, 3.63) is 144 Å². The summed E-state index contributed by atoms with van der Waals surface area (Å²) in [5.41, 5.74) is 0.145. The van der Waals surface area contributed by atoms with Crippen LogP contribution in [-0.2, 0) is 22.4 Å². The molecular formula is C32H26N2O4. The second-order valence-electron chi connectivity index (χ2n) is 9.30. The quantitative estimate of drug-likeness (QED) is 0.302. The van der Waals surface area contributed by atoms with Crippen molar-refractivity contribution in [2.75, 3.05) is 0 Å². The van der Waals surface area contributed by atoms with Crippen molar-refractivity contribution >= 4 is 23.5 Å². The van der Waals surface area contributed by atoms with Crippen molar-refractivity contribution in [1.82, 2.24) is 10.2 Å². The molecule has 38 heavy (non-hydrogen) atoms. The van der Waals surface area contributed by atoms with Crippen molar-refractivity contribution in [3.63, 3.8) is 0 Å². The summed E-state index contributed by atoms with van der Waals surface area (Å²) in [6.07, 6.45) is 0.0652. The second-order valence-corrected chi connectivity index (χ2v) is 9.30. The summed E-state index contributed by atoms with van der Waals surface area (Å²) in [6.45, 7) is 0. The van der Waals surface area contributed by atoms with Crippen LogP contribution in [0.25, 0.3) is 0 Å². The number of carbonyl (C=O) groups is 4. The molecule has 1 aliphatic rings. The highest BCUT2D eigenvalue weighted by Crippen LogP contribution is 2.33. The van der Waals surface area contributed by atoms with Gasteiger partial charge in [-0.25, -0.2) is 0 Å². The zero-order chi connectivity index (χ0) is 26.5. The first-order valence-electron chi connectivity index (χ1n) is 12.4. The largest absolute Gasteiger partial charge is 0.331 e. The van der Waals surface area contributed by atoms with Crippen LogP contribution >= 0.6 is 0 Å². The van der Waals surface area contributed by atoms with Crippen LogP contribution in [0.15, 0.2) is 121 Å². The standard InChI is InChI=1S/C32H26N2O4/c35-28-27(21-23-13-5-1-6-14-23)34(30(37)26-19-11-4-12-20-26)31(38)32(28,22-24-15-7-2-8-16-24)33-29(36)25-17-9-3-10-18-25/h1-20,27H,21-22H2,(H,33,36). The number of Topliss-reactive ketones (excluding diaryl/α,β-unsaturated/α-hetero) is 1. The lowest BCUT2D eigenvalue weighted by Gasteiger charge is -2.27. The van der Waals surface area contributed by atoms with E-state index in [1.54, 1.807) is 84.9 Å². The molecule has 1 aliphatic heterocycles. The number of likely N-dealkylation sites (tertiary alicyclic amines) is 1. The monoisotopic (exact) mass is 502 g/mol. The van der Waals surface area contributed by atoms with Crippen LogP contribution in [0.3, 0.4) is 0 Å². The van der Waals surface area contributed by atoms with Gasteiger partial charge in [0, 0.05) is 24.0 Å². The molecular weight excluding hydrogens is 476 g/mol. The number of ketones is 1. The maximum Gasteiger partial charge on any atom is 0.264 e. The number of nitrogens with zero attached hydrogens (tertiary/aromatic N) is 1. The van der Waals surface area contributed by atoms with E-state index in [2.05, 4.69) is 5.32 Å². The fourth-order valence-electron chi connectivity index (χ4n) is 4.91. The van der Waals surface area contributed by atoms with Gasteiger partial charge in [-0.15, -0.1) is 0 Å². The summed E-state index contributed by atoms with van der Waals surface area (Å²) in [5.74, 6) is -2.38. The van der Waals surface area contributed by atoms with Gasteiger partial charge in [-0.3, -0.25) is 24.1 Å². The molecule has 1 heterocycles. The van der Waals surface area contributed by atoms with E-state index in [0.717, 1.165) is 10.5 Å². The summed E-state index contributed by atoms with van der Waals surface area (Å²) in [4.78, 5) is 56.8. The van der Waals surface area contributed by atoms with E-state index >= 15 is 0 Å². The molecule has 0 spiro atoms. The van der Waals surface area contributed by atoms with E-state index in [1.165, 1.54) is 0 Å². The smallest absolute Gasteiger partial charge is 0.264 e. The molecule has 6 nitrogen and oxygen atoms in total. The van der Waals surface area contributed by atoms with Gasteiger partial charge in [0.25, 0.3) is 17.7 Å². The highest BCUT2D eigenvalue weighted by Gasteiger charge is 2.61. The van der Waals surface area contributed by atoms with Crippen molar-refractivity contribution in [3.8, 4) is 0 Å². The maximum atomic E-state index is 14.3. The zero-order valence-electron chi connectivity index (χ0n) is 20.6. The Morgan fingerprint density at radius 1 is 0.658 bits per heavy atom. The highest BCUT2D eigenvalue weighted by molar-refractivity contribution is 6.27. The minimum absolute atomic E-state index is 0.0755. The molecule has 0 aromatic heterocycles. The molecule has 1 saturated heterocycles. The number of amides is 3. The Morgan fingerprint density at radius 3 is 1.68 bits per heavy atom. The Balaban J connectivity index is 1.62. The fraction of sp³-hybridized carbons (Fsp3) is 0.125. The summed E-state index contributed by atoms with van der Waals surface area (Å²) in [7, 11) is 0. The Bertz CT molecular complexity index is 1460. The topological polar surface area (TPSA) is 83.6 Å². The lowest BCUT2D eigenvalue weighted by atomic mass is 9.84. The maximum absolute atomic E-state index is 14.3. The third kappa shape index (κ3) is 4.76. The first-order chi connectivity index (χ1) is 18.5. The Hall–Kier alpha value is -4.84. The molecule has 0 aliphatic carbocycles. The summed E-state index contributed by atoms with van der Waals surface area (Å²) in [6, 6.07) is 34.0. The third-order valence-corrected chi connectivity index (χ3v) is 6.81. The van der Waals surface area contributed by atoms with Crippen LogP contribution in [0, 0.1) is 0 Å². The number of hydrogen-bond donors (Lipinski definition) is 1. The van der Waals surface area contributed by atoms with Gasteiger partial charge in [0.2, 0.25) is 0 Å². The van der Waals surface area contributed by atoms with Gasteiger partial charge in [-0.05, 0) is 35.4 Å². The fourth-order valence-corrected chi connectivity index (χ4v) is 4.91. The van der Waals surface area contributed by atoms with E-state index in [9.17, 15) is 19.2 Å². The van der Waals surface area contributed by atoms with Crippen molar-refractivity contribution in [2.45, 2.75) is 24.4 Å². The van der Waals surface area contributed by atoms with Gasteiger partial charge >= 0.3 is 0 Å². The SMILES string of the molecule is O=C(NC1(Cc2ccccc2)C(=O)C(Cc2ccccc2)N(C(=O)c2ccccc2)C1=O)c1ccccc1. The Morgan fingerprint density at radius 2 is 1.13 bits per heavy atom. The van der Waals surface area contributed by atoms with Crippen molar-refractivity contribution < 1.29 is 19.2 Å². The van der Waals surface area contributed by atoms with E-state index in [0.29, 0.717) is 11.1 Å². The number of nitrogens with one attached hydrogen (secondary N) is 1. The minimum atomic E-state index is -1.95. The minimum Gasteiger partial charge on any atom is -0.331 e. The molecule has 4 aromatic carbocycles. The highest BCUT2D eigenvalue weighted by atomic mass is 16.2. The molecule has 4 aromatic rings. The van der Waals surface area contributed by atoms with Gasteiger partial charge in [0.05, 0.1) is 0 Å². The van der Waals surface area contributed by atoms with Crippen molar-refractivity contribution in [2.24, 2.45) is 0 Å². The Kier molecular flexibility index (Phi) is 6.96. The molecule has 0 saturated carbocycles. The van der Waals surface area contributed by atoms with E-state index in [4.69, 9.17) is 0 Å². The molecule has 5 rings (SSSR count). The molecule has 188 valence electrons. The average molecular weight is 503 g/mol. The van der Waals surface area contributed by atoms with Gasteiger partial charge in [-0.2, -0.15) is 0 Å². The van der Waals surface area contributed by atoms with Crippen LogP contribution < -0.4 is 5.32 Å². The number of carbonyl (C=O) groups excluding carboxylic acids is 4. The van der Waals surface area contributed by atoms with Gasteiger partial charge in [0.15, 0.2) is 11.3 Å². The van der Waals surface area contributed by atoms with Crippen LogP contribution in [0.2, 0.25) is 0 Å². The molecule has 1 fully saturated rings. The summed E-state index contributed by atoms with van der Waals surface area (Å²) >= 11 is 0. The molecule has 2 atom stereocenters. The molecule has 3 amide bonds. The first-order valence-corrected chi connectivity index (χ1v) is 12.4. The molecule has 0 radical (unpaired) electrons. The third-order valence-electron chi connectivity index (χ3n) is 6.81. The number of imide groups is 1. The lowest BCUT2D eigenvalue weighted by molar-refractivity contribution is -0.133. The molecule has 1 N–H and O–H groups in total. The lowest BCUT2D eigenvalue weighted by Crippen LogP contribution is -2.60. The zero-order valence-corrected chi connectivity index (χ0v) is 20.6. The Labute approximate surface area is 220 Å². The van der Waals surface area contributed by atoms with E-state index in [1.807, 2.05) is 36.4 Å². The van der Waals surface area contributed by atoms with Crippen LogP contribution in [0.1, 0.15) is 31.8 Å². The average Bonchev–Trinajstić information content (AvgIpc) is 3.15. The number of rotatable bonds is 7. The summed E-state index contributed by atoms with van der Waals surface area (Å²) < 4.78 is 0. The first kappa shape index (κ1) is 24.8. The van der Waals surface area contributed by atoms with Crippen LogP contribution in [-0.4, -0.2) is 40.0 Å². The predicted molar refractivity (Wildman–Crippen MR) is 143 cm³/mol. The van der Waals surface area contributed by atoms with Gasteiger partial charge < -0.3 is 5.32 Å². The van der Waals surface area contributed by atoms with Crippen LogP contribution in [0.5, 0.6) is 0 Å². The predicted octanol–water partition coefficient (Wildman–Crippen LogP) is 4.26.